The third kappa shape index (κ3) is 4.53. The van der Waals surface area contributed by atoms with Gasteiger partial charge >= 0.3 is 0 Å². The molecule has 0 N–H and O–H groups in total. The Morgan fingerprint density at radius 3 is 1.71 bits per heavy atom. The summed E-state index contributed by atoms with van der Waals surface area (Å²) in [5.41, 5.74) is 0. The lowest BCUT2D eigenvalue weighted by molar-refractivity contribution is -0.0951. The highest BCUT2D eigenvalue weighted by atomic mass is 16.7. The largest absolute Gasteiger partial charge is 0.496 e. The highest BCUT2D eigenvalue weighted by Gasteiger charge is 2.09. The fraction of sp³-hybridized carbons (Fsp3) is 0.538. The molecule has 1 atom stereocenters. The molecule has 1 rings (SSSR count). The zero-order valence-corrected chi connectivity index (χ0v) is 11.0. The Morgan fingerprint density at radius 1 is 0.824 bits per heavy atom. The molecule has 0 aliphatic carbocycles. The van der Waals surface area contributed by atoms with E-state index in [0.29, 0.717) is 17.2 Å². The molecule has 0 spiro atoms. The Morgan fingerprint density at radius 2 is 1.29 bits per heavy atom. The van der Waals surface area contributed by atoms with Crippen molar-refractivity contribution in [2.24, 2.45) is 0 Å². The second-order valence-corrected chi connectivity index (χ2v) is 3.92. The lowest BCUT2D eigenvalue weighted by atomic mass is 10.3. The molecule has 0 amide bonds. The number of benzene rings is 1. The smallest absolute Gasteiger partial charge is 0.197 e. The molecule has 4 nitrogen and oxygen atoms in total. The summed E-state index contributed by atoms with van der Waals surface area (Å²) < 4.78 is 21.4. The first-order valence-electron chi connectivity index (χ1n) is 5.60. The molecule has 0 fully saturated rings. The molecular weight excluding hydrogens is 220 g/mol. The molecule has 0 saturated heterocycles. The minimum Gasteiger partial charge on any atom is -0.496 e. The zero-order valence-electron chi connectivity index (χ0n) is 11.0. The summed E-state index contributed by atoms with van der Waals surface area (Å²) in [6.45, 7) is 5.78. The Hall–Kier alpha value is -1.42. The van der Waals surface area contributed by atoms with E-state index in [1.807, 2.05) is 20.8 Å². The van der Waals surface area contributed by atoms with Crippen LogP contribution in [0.15, 0.2) is 18.2 Å². The predicted molar refractivity (Wildman–Crippen MR) is 65.9 cm³/mol. The van der Waals surface area contributed by atoms with Crippen LogP contribution in [0.3, 0.4) is 0 Å². The van der Waals surface area contributed by atoms with Crippen molar-refractivity contribution in [3.8, 4) is 17.2 Å². The van der Waals surface area contributed by atoms with Gasteiger partial charge in [-0.25, -0.2) is 0 Å². The molecule has 0 saturated carbocycles. The molecular formula is C13H20O4. The summed E-state index contributed by atoms with van der Waals surface area (Å²) in [5, 5.41) is 0. The quantitative estimate of drug-likeness (QED) is 0.716. The van der Waals surface area contributed by atoms with Crippen LogP contribution in [0.1, 0.15) is 20.8 Å². The maximum absolute atomic E-state index is 5.63. The van der Waals surface area contributed by atoms with Gasteiger partial charge in [-0.05, 0) is 20.8 Å². The molecule has 0 aromatic heterocycles. The summed E-state index contributed by atoms with van der Waals surface area (Å²) >= 11 is 0. The van der Waals surface area contributed by atoms with E-state index in [2.05, 4.69) is 0 Å². The molecule has 0 aliphatic rings. The molecule has 0 radical (unpaired) electrons. The number of rotatable bonds is 6. The van der Waals surface area contributed by atoms with E-state index in [4.69, 9.17) is 18.9 Å². The summed E-state index contributed by atoms with van der Waals surface area (Å²) in [6.07, 6.45) is -0.190. The number of hydrogen-bond acceptors (Lipinski definition) is 4. The standard InChI is InChI=1S/C13H20O4/c1-9(2)16-10(3)17-13-7-11(14-4)6-12(8-13)15-5/h6-10H,1-5H3. The molecule has 1 aromatic carbocycles. The van der Waals surface area contributed by atoms with Gasteiger partial charge in [-0.1, -0.05) is 0 Å². The number of methoxy groups -OCH3 is 2. The highest BCUT2D eigenvalue weighted by Crippen LogP contribution is 2.28. The van der Waals surface area contributed by atoms with Gasteiger partial charge in [0.1, 0.15) is 17.2 Å². The van der Waals surface area contributed by atoms with E-state index >= 15 is 0 Å². The minimum atomic E-state index is -0.313. The van der Waals surface area contributed by atoms with Gasteiger partial charge in [0.2, 0.25) is 0 Å². The van der Waals surface area contributed by atoms with E-state index in [-0.39, 0.29) is 12.4 Å². The molecule has 1 unspecified atom stereocenters. The predicted octanol–water partition coefficient (Wildman–Crippen LogP) is 2.85. The van der Waals surface area contributed by atoms with Gasteiger partial charge in [0.15, 0.2) is 6.29 Å². The fourth-order valence-corrected chi connectivity index (χ4v) is 1.45. The van der Waals surface area contributed by atoms with Crippen LogP contribution in [-0.4, -0.2) is 26.6 Å². The first-order valence-corrected chi connectivity index (χ1v) is 5.60. The monoisotopic (exact) mass is 240 g/mol. The topological polar surface area (TPSA) is 36.9 Å². The van der Waals surface area contributed by atoms with Crippen LogP contribution in [0.2, 0.25) is 0 Å². The van der Waals surface area contributed by atoms with Crippen molar-refractivity contribution >= 4 is 0 Å². The van der Waals surface area contributed by atoms with Crippen molar-refractivity contribution in [1.82, 2.24) is 0 Å². The number of ether oxygens (including phenoxy) is 4. The summed E-state index contributed by atoms with van der Waals surface area (Å²) in [5.74, 6) is 2.04. The van der Waals surface area contributed by atoms with Gasteiger partial charge in [-0.3, -0.25) is 0 Å². The van der Waals surface area contributed by atoms with Gasteiger partial charge < -0.3 is 18.9 Å². The second-order valence-electron chi connectivity index (χ2n) is 3.92. The van der Waals surface area contributed by atoms with E-state index < -0.39 is 0 Å². The van der Waals surface area contributed by atoms with Crippen molar-refractivity contribution in [3.05, 3.63) is 18.2 Å². The molecule has 0 heterocycles. The average Bonchev–Trinajstić information content (AvgIpc) is 2.27. The van der Waals surface area contributed by atoms with Crippen LogP contribution >= 0.6 is 0 Å². The van der Waals surface area contributed by atoms with Crippen molar-refractivity contribution in [2.75, 3.05) is 14.2 Å². The van der Waals surface area contributed by atoms with Crippen LogP contribution in [0.25, 0.3) is 0 Å². The summed E-state index contributed by atoms with van der Waals surface area (Å²) in [7, 11) is 3.21. The third-order valence-corrected chi connectivity index (χ3v) is 2.09. The normalized spacial score (nSPS) is 12.4. The third-order valence-electron chi connectivity index (χ3n) is 2.09. The van der Waals surface area contributed by atoms with Gasteiger partial charge in [0, 0.05) is 18.2 Å². The average molecular weight is 240 g/mol. The Bertz CT molecular complexity index is 327. The van der Waals surface area contributed by atoms with Crippen LogP contribution in [-0.2, 0) is 4.74 Å². The SMILES string of the molecule is COc1cc(OC)cc(OC(C)OC(C)C)c1. The van der Waals surface area contributed by atoms with Gasteiger partial charge in [-0.15, -0.1) is 0 Å². The van der Waals surface area contributed by atoms with Crippen LogP contribution < -0.4 is 14.2 Å². The van der Waals surface area contributed by atoms with Crippen LogP contribution in [0.4, 0.5) is 0 Å². The van der Waals surface area contributed by atoms with Crippen molar-refractivity contribution < 1.29 is 18.9 Å². The molecule has 17 heavy (non-hydrogen) atoms. The summed E-state index contributed by atoms with van der Waals surface area (Å²) in [6, 6.07) is 5.38. The van der Waals surface area contributed by atoms with E-state index in [9.17, 15) is 0 Å². The van der Waals surface area contributed by atoms with Gasteiger partial charge in [0.25, 0.3) is 0 Å². The second kappa shape index (κ2) is 6.35. The molecule has 1 aromatic rings. The van der Waals surface area contributed by atoms with Crippen molar-refractivity contribution in [2.45, 2.75) is 33.2 Å². The lowest BCUT2D eigenvalue weighted by Crippen LogP contribution is -2.20. The van der Waals surface area contributed by atoms with Gasteiger partial charge in [-0.2, -0.15) is 0 Å². The van der Waals surface area contributed by atoms with Crippen molar-refractivity contribution in [1.29, 1.82) is 0 Å². The van der Waals surface area contributed by atoms with Gasteiger partial charge in [0.05, 0.1) is 20.3 Å². The summed E-state index contributed by atoms with van der Waals surface area (Å²) in [4.78, 5) is 0. The lowest BCUT2D eigenvalue weighted by Gasteiger charge is -2.18. The Kier molecular flexibility index (Phi) is 5.10. The molecule has 96 valence electrons. The minimum absolute atomic E-state index is 0.123. The molecule has 0 aliphatic heterocycles. The maximum Gasteiger partial charge on any atom is 0.197 e. The first kappa shape index (κ1) is 13.6. The Balaban J connectivity index is 2.75. The van der Waals surface area contributed by atoms with Crippen LogP contribution in [0.5, 0.6) is 17.2 Å². The first-order chi connectivity index (χ1) is 8.05. The highest BCUT2D eigenvalue weighted by molar-refractivity contribution is 5.42. The zero-order chi connectivity index (χ0) is 12.8. The Labute approximate surface area is 102 Å². The van der Waals surface area contributed by atoms with Crippen LogP contribution in [0, 0.1) is 0 Å². The maximum atomic E-state index is 5.63. The van der Waals surface area contributed by atoms with E-state index in [1.165, 1.54) is 0 Å². The van der Waals surface area contributed by atoms with E-state index in [1.54, 1.807) is 32.4 Å². The number of hydrogen-bond donors (Lipinski definition) is 0. The van der Waals surface area contributed by atoms with Crippen molar-refractivity contribution in [3.63, 3.8) is 0 Å². The van der Waals surface area contributed by atoms with E-state index in [0.717, 1.165) is 0 Å². The molecule has 0 bridgehead atoms. The fourth-order valence-electron chi connectivity index (χ4n) is 1.45. The molecule has 4 heteroatoms.